The van der Waals surface area contributed by atoms with Crippen LogP contribution in [0.5, 0.6) is 0 Å². The number of halogens is 3. The van der Waals surface area contributed by atoms with Crippen molar-refractivity contribution in [1.29, 1.82) is 0 Å². The van der Waals surface area contributed by atoms with E-state index in [0.29, 0.717) is 31.2 Å². The lowest BCUT2D eigenvalue weighted by Crippen LogP contribution is -2.44. The first-order valence-electron chi connectivity index (χ1n) is 9.39. The summed E-state index contributed by atoms with van der Waals surface area (Å²) in [5, 5.41) is 13.0. The van der Waals surface area contributed by atoms with E-state index in [4.69, 9.17) is 0 Å². The minimum absolute atomic E-state index is 0.0314. The third-order valence-corrected chi connectivity index (χ3v) is 5.97. The smallest absolute Gasteiger partial charge is 0.355 e. The first-order valence-corrected chi connectivity index (χ1v) is 10.3. The summed E-state index contributed by atoms with van der Waals surface area (Å²) in [6, 6.07) is 6.31. The summed E-state index contributed by atoms with van der Waals surface area (Å²) >= 11 is 1.66. The molecule has 1 saturated heterocycles. The molecule has 1 N–H and O–H groups in total. The molecule has 0 saturated carbocycles. The summed E-state index contributed by atoms with van der Waals surface area (Å²) in [6.45, 7) is 1.59. The minimum atomic E-state index is -4.44. The van der Waals surface area contributed by atoms with Crippen LogP contribution in [-0.2, 0) is 17.4 Å². The molecule has 0 radical (unpaired) electrons. The molecule has 3 aromatic rings. The minimum Gasteiger partial charge on any atom is -0.355 e. The molecule has 29 heavy (non-hydrogen) atoms. The number of nitrogens with zero attached hydrogens (tertiary/aromatic N) is 4. The summed E-state index contributed by atoms with van der Waals surface area (Å²) < 4.78 is 40.5. The Hall–Kier alpha value is -2.62. The second kappa shape index (κ2) is 8.02. The Morgan fingerprint density at radius 3 is 2.90 bits per heavy atom. The number of hydrogen-bond donors (Lipinski definition) is 1. The number of alkyl halides is 3. The molecule has 6 nitrogen and oxygen atoms in total. The highest BCUT2D eigenvalue weighted by Crippen LogP contribution is 2.30. The normalized spacial score (nSPS) is 17.6. The lowest BCUT2D eigenvalue weighted by atomic mass is 9.97. The Morgan fingerprint density at radius 2 is 2.14 bits per heavy atom. The lowest BCUT2D eigenvalue weighted by molar-refractivity contribution is -0.137. The summed E-state index contributed by atoms with van der Waals surface area (Å²) in [5.41, 5.74) is -0.415. The molecule has 154 valence electrons. The maximum atomic E-state index is 13.1. The highest BCUT2D eigenvalue weighted by molar-refractivity contribution is 7.09. The van der Waals surface area contributed by atoms with Gasteiger partial charge in [-0.3, -0.25) is 9.20 Å². The van der Waals surface area contributed by atoms with Crippen LogP contribution in [0.2, 0.25) is 0 Å². The number of aromatic nitrogens is 3. The number of hydrogen-bond acceptors (Lipinski definition) is 5. The number of piperidine rings is 1. The molecule has 1 aliphatic heterocycles. The third kappa shape index (κ3) is 4.36. The van der Waals surface area contributed by atoms with Gasteiger partial charge < -0.3 is 10.2 Å². The molecule has 10 heteroatoms. The molecule has 0 unspecified atom stereocenters. The van der Waals surface area contributed by atoms with E-state index in [-0.39, 0.29) is 11.8 Å². The molecular formula is C19H20F3N5OS. The van der Waals surface area contributed by atoms with Gasteiger partial charge in [0.1, 0.15) is 0 Å². The fourth-order valence-electron chi connectivity index (χ4n) is 3.54. The topological polar surface area (TPSA) is 62.5 Å². The number of thiophene rings is 1. The summed E-state index contributed by atoms with van der Waals surface area (Å²) in [4.78, 5) is 15.6. The largest absolute Gasteiger partial charge is 0.417 e. The quantitative estimate of drug-likeness (QED) is 0.684. The Labute approximate surface area is 169 Å². The van der Waals surface area contributed by atoms with Gasteiger partial charge in [-0.05, 0) is 42.8 Å². The second-order valence-corrected chi connectivity index (χ2v) is 8.08. The van der Waals surface area contributed by atoms with Crippen LogP contribution in [-0.4, -0.2) is 40.1 Å². The van der Waals surface area contributed by atoms with Crippen molar-refractivity contribution in [2.24, 2.45) is 5.92 Å². The Kier molecular flexibility index (Phi) is 5.44. The van der Waals surface area contributed by atoms with E-state index in [1.807, 2.05) is 22.4 Å². The number of rotatable bonds is 5. The van der Waals surface area contributed by atoms with Gasteiger partial charge in [0.15, 0.2) is 5.65 Å². The van der Waals surface area contributed by atoms with Gasteiger partial charge in [0, 0.05) is 30.7 Å². The Balaban J connectivity index is 1.44. The number of anilines is 1. The van der Waals surface area contributed by atoms with Crippen molar-refractivity contribution in [3.8, 4) is 0 Å². The van der Waals surface area contributed by atoms with E-state index < -0.39 is 11.7 Å². The van der Waals surface area contributed by atoms with Crippen LogP contribution in [0.15, 0.2) is 35.8 Å². The van der Waals surface area contributed by atoms with Crippen molar-refractivity contribution in [1.82, 2.24) is 19.9 Å². The van der Waals surface area contributed by atoms with Crippen LogP contribution in [0, 0.1) is 5.92 Å². The number of carbonyl (C=O) groups excluding carboxylic acids is 1. The molecular weight excluding hydrogens is 403 g/mol. The van der Waals surface area contributed by atoms with Gasteiger partial charge in [0.2, 0.25) is 11.9 Å². The van der Waals surface area contributed by atoms with Crippen LogP contribution >= 0.6 is 11.3 Å². The van der Waals surface area contributed by atoms with E-state index >= 15 is 0 Å². The van der Waals surface area contributed by atoms with Crippen LogP contribution in [0.25, 0.3) is 5.65 Å². The first kappa shape index (κ1) is 19.7. The molecule has 4 heterocycles. The van der Waals surface area contributed by atoms with Crippen molar-refractivity contribution in [2.45, 2.75) is 25.4 Å². The van der Waals surface area contributed by atoms with Crippen molar-refractivity contribution >= 4 is 28.8 Å². The van der Waals surface area contributed by atoms with Gasteiger partial charge in [-0.1, -0.05) is 6.07 Å². The molecule has 1 atom stereocenters. The zero-order chi connectivity index (χ0) is 20.4. The van der Waals surface area contributed by atoms with Crippen molar-refractivity contribution in [3.63, 3.8) is 0 Å². The predicted molar refractivity (Wildman–Crippen MR) is 104 cm³/mol. The number of pyridine rings is 1. The number of amides is 1. The van der Waals surface area contributed by atoms with Gasteiger partial charge in [0.05, 0.1) is 11.5 Å². The highest BCUT2D eigenvalue weighted by Gasteiger charge is 2.32. The molecule has 3 aromatic heterocycles. The van der Waals surface area contributed by atoms with Gasteiger partial charge in [-0.2, -0.15) is 13.2 Å². The van der Waals surface area contributed by atoms with Gasteiger partial charge in [-0.25, -0.2) is 0 Å². The molecule has 1 fully saturated rings. The molecule has 0 aromatic carbocycles. The summed E-state index contributed by atoms with van der Waals surface area (Å²) in [7, 11) is 0. The van der Waals surface area contributed by atoms with Gasteiger partial charge >= 0.3 is 6.18 Å². The van der Waals surface area contributed by atoms with E-state index in [9.17, 15) is 18.0 Å². The fraction of sp³-hybridized carbons (Fsp3) is 0.421. The lowest BCUT2D eigenvalue weighted by Gasteiger charge is -2.32. The number of carbonyl (C=O) groups is 1. The van der Waals surface area contributed by atoms with Crippen molar-refractivity contribution < 1.29 is 18.0 Å². The van der Waals surface area contributed by atoms with Crippen molar-refractivity contribution in [2.75, 3.05) is 24.5 Å². The SMILES string of the molecule is O=C(NCCc1cccs1)[C@@H]1CCCN(c2nnc3ccc(C(F)(F)F)cn23)C1. The average molecular weight is 423 g/mol. The maximum absolute atomic E-state index is 13.1. The monoisotopic (exact) mass is 423 g/mol. The van der Waals surface area contributed by atoms with E-state index in [1.54, 1.807) is 11.3 Å². The average Bonchev–Trinajstić information content (AvgIpc) is 3.36. The molecule has 0 spiro atoms. The van der Waals surface area contributed by atoms with E-state index in [2.05, 4.69) is 15.5 Å². The number of nitrogens with one attached hydrogen (secondary N) is 1. The Morgan fingerprint density at radius 1 is 1.28 bits per heavy atom. The second-order valence-electron chi connectivity index (χ2n) is 7.05. The third-order valence-electron chi connectivity index (χ3n) is 5.04. The molecule has 1 amide bonds. The van der Waals surface area contributed by atoms with Gasteiger partial charge in [-0.15, -0.1) is 21.5 Å². The standard InChI is InChI=1S/C19H20F3N5OS/c20-19(21,22)14-5-6-16-24-25-18(27(16)12-14)26-9-1-3-13(11-26)17(28)23-8-7-15-4-2-10-29-15/h2,4-6,10,12-13H,1,3,7-9,11H2,(H,23,28)/t13-/m1/s1. The van der Waals surface area contributed by atoms with Crippen LogP contribution in [0.1, 0.15) is 23.3 Å². The van der Waals surface area contributed by atoms with E-state index in [0.717, 1.165) is 31.5 Å². The molecule has 0 aliphatic carbocycles. The van der Waals surface area contributed by atoms with Crippen LogP contribution < -0.4 is 10.2 Å². The zero-order valence-electron chi connectivity index (χ0n) is 15.5. The summed E-state index contributed by atoms with van der Waals surface area (Å²) in [6.07, 6.45) is -1.14. The highest BCUT2D eigenvalue weighted by atomic mass is 32.1. The molecule has 1 aliphatic rings. The van der Waals surface area contributed by atoms with E-state index in [1.165, 1.54) is 15.3 Å². The first-order chi connectivity index (χ1) is 13.9. The van der Waals surface area contributed by atoms with Crippen molar-refractivity contribution in [3.05, 3.63) is 46.3 Å². The predicted octanol–water partition coefficient (Wildman–Crippen LogP) is 3.38. The fourth-order valence-corrected chi connectivity index (χ4v) is 4.25. The Bertz CT molecular complexity index is 986. The van der Waals surface area contributed by atoms with Gasteiger partial charge in [0.25, 0.3) is 0 Å². The summed E-state index contributed by atoms with van der Waals surface area (Å²) in [5.74, 6) is 0.0727. The van der Waals surface area contributed by atoms with Crippen LogP contribution in [0.4, 0.5) is 19.1 Å². The maximum Gasteiger partial charge on any atom is 0.417 e. The van der Waals surface area contributed by atoms with Crippen LogP contribution in [0.3, 0.4) is 0 Å². The number of fused-ring (bicyclic) bond motifs is 1. The zero-order valence-corrected chi connectivity index (χ0v) is 16.3. The molecule has 0 bridgehead atoms. The molecule has 4 rings (SSSR count).